The molecule has 6 nitrogen and oxygen atoms in total. The van der Waals surface area contributed by atoms with Crippen LogP contribution in [0.4, 0.5) is 4.79 Å². The van der Waals surface area contributed by atoms with E-state index in [0.717, 1.165) is 10.9 Å². The Morgan fingerprint density at radius 2 is 1.95 bits per heavy atom. The number of hydrogen-bond acceptors (Lipinski definition) is 4. The zero-order valence-electron chi connectivity index (χ0n) is 12.6. The molecule has 0 saturated carbocycles. The molecular weight excluding hydrogens is 270 g/mol. The van der Waals surface area contributed by atoms with Gasteiger partial charge < -0.3 is 10.1 Å². The van der Waals surface area contributed by atoms with Gasteiger partial charge >= 0.3 is 6.09 Å². The third kappa shape index (κ3) is 3.59. The monoisotopic (exact) mass is 289 g/mol. The van der Waals surface area contributed by atoms with Crippen molar-refractivity contribution in [3.8, 4) is 0 Å². The van der Waals surface area contributed by atoms with Crippen LogP contribution in [0, 0.1) is 0 Å². The van der Waals surface area contributed by atoms with Crippen molar-refractivity contribution in [1.82, 2.24) is 15.1 Å². The molecule has 0 unspecified atom stereocenters. The quantitative estimate of drug-likeness (QED) is 0.880. The van der Waals surface area contributed by atoms with Crippen molar-refractivity contribution in [2.75, 3.05) is 6.54 Å². The van der Waals surface area contributed by atoms with Crippen LogP contribution in [-0.4, -0.2) is 33.8 Å². The van der Waals surface area contributed by atoms with E-state index in [0.29, 0.717) is 5.69 Å². The molecule has 2 rings (SSSR count). The third-order valence-corrected chi connectivity index (χ3v) is 2.80. The van der Waals surface area contributed by atoms with Gasteiger partial charge in [-0.25, -0.2) is 4.79 Å². The molecule has 2 aromatic rings. The Hall–Kier alpha value is -2.37. The number of aromatic nitrogens is 2. The fraction of sp³-hybridized carbons (Fsp3) is 0.400. The topological polar surface area (TPSA) is 73.2 Å². The van der Waals surface area contributed by atoms with E-state index in [2.05, 4.69) is 10.4 Å². The Labute approximate surface area is 123 Å². The Balaban J connectivity index is 2.09. The minimum absolute atomic E-state index is 0.127. The normalized spacial score (nSPS) is 11.4. The van der Waals surface area contributed by atoms with E-state index in [-0.39, 0.29) is 12.3 Å². The molecule has 1 aromatic carbocycles. The van der Waals surface area contributed by atoms with Crippen molar-refractivity contribution in [2.24, 2.45) is 7.05 Å². The standard InChI is InChI=1S/C15H19N3O3/c1-15(2,3)21-14(20)16-9-12(19)13-10-7-5-6-8-11(10)17-18(13)4/h5-8H,9H2,1-4H3,(H,16,20). The number of benzene rings is 1. The summed E-state index contributed by atoms with van der Waals surface area (Å²) in [6.45, 7) is 5.17. The van der Waals surface area contributed by atoms with Crippen LogP contribution in [0.2, 0.25) is 0 Å². The van der Waals surface area contributed by atoms with Crippen LogP contribution in [0.3, 0.4) is 0 Å². The lowest BCUT2D eigenvalue weighted by atomic mass is 10.1. The predicted octanol–water partition coefficient (Wildman–Crippen LogP) is 2.28. The molecule has 0 fully saturated rings. The highest BCUT2D eigenvalue weighted by atomic mass is 16.6. The Bertz CT molecular complexity index is 683. The summed E-state index contributed by atoms with van der Waals surface area (Å²) < 4.78 is 6.63. The number of ketones is 1. The zero-order valence-corrected chi connectivity index (χ0v) is 12.6. The first-order valence-corrected chi connectivity index (χ1v) is 6.70. The second kappa shape index (κ2) is 5.55. The number of Topliss-reactive ketones (excluding diaryl/α,β-unsaturated/α-hetero) is 1. The number of rotatable bonds is 3. The second-order valence-corrected chi connectivity index (χ2v) is 5.77. The lowest BCUT2D eigenvalue weighted by Gasteiger charge is -2.19. The van der Waals surface area contributed by atoms with Crippen molar-refractivity contribution in [3.63, 3.8) is 0 Å². The van der Waals surface area contributed by atoms with Gasteiger partial charge in [0.1, 0.15) is 11.3 Å². The summed E-state index contributed by atoms with van der Waals surface area (Å²) in [7, 11) is 1.71. The second-order valence-electron chi connectivity index (χ2n) is 5.77. The molecule has 1 heterocycles. The number of fused-ring (bicyclic) bond motifs is 1. The highest BCUT2D eigenvalue weighted by Gasteiger charge is 2.19. The van der Waals surface area contributed by atoms with Crippen LogP contribution >= 0.6 is 0 Å². The van der Waals surface area contributed by atoms with E-state index < -0.39 is 11.7 Å². The molecule has 0 aliphatic carbocycles. The Morgan fingerprint density at radius 3 is 2.62 bits per heavy atom. The molecule has 0 spiro atoms. The van der Waals surface area contributed by atoms with E-state index in [9.17, 15) is 9.59 Å². The molecule has 1 aromatic heterocycles. The van der Waals surface area contributed by atoms with Gasteiger partial charge in [0.25, 0.3) is 0 Å². The van der Waals surface area contributed by atoms with E-state index in [1.54, 1.807) is 27.8 Å². The van der Waals surface area contributed by atoms with Crippen LogP contribution < -0.4 is 5.32 Å². The van der Waals surface area contributed by atoms with Crippen LogP contribution in [0.25, 0.3) is 10.9 Å². The van der Waals surface area contributed by atoms with Gasteiger partial charge in [-0.3, -0.25) is 9.48 Å². The van der Waals surface area contributed by atoms with Crippen molar-refractivity contribution in [3.05, 3.63) is 30.0 Å². The van der Waals surface area contributed by atoms with Crippen LogP contribution in [0.1, 0.15) is 31.3 Å². The predicted molar refractivity (Wildman–Crippen MR) is 79.3 cm³/mol. The van der Waals surface area contributed by atoms with E-state index in [4.69, 9.17) is 4.74 Å². The largest absolute Gasteiger partial charge is 0.444 e. The zero-order chi connectivity index (χ0) is 15.6. The number of nitrogens with one attached hydrogen (secondary N) is 1. The minimum Gasteiger partial charge on any atom is -0.444 e. The van der Waals surface area contributed by atoms with Gasteiger partial charge in [-0.1, -0.05) is 18.2 Å². The Morgan fingerprint density at radius 1 is 1.29 bits per heavy atom. The fourth-order valence-corrected chi connectivity index (χ4v) is 2.03. The first-order chi connectivity index (χ1) is 9.78. The average Bonchev–Trinajstić information content (AvgIpc) is 2.70. The highest BCUT2D eigenvalue weighted by Crippen LogP contribution is 2.17. The molecule has 0 aliphatic rings. The molecule has 1 N–H and O–H groups in total. The van der Waals surface area contributed by atoms with Crippen molar-refractivity contribution >= 4 is 22.8 Å². The van der Waals surface area contributed by atoms with Crippen LogP contribution in [0.5, 0.6) is 0 Å². The molecular formula is C15H19N3O3. The molecule has 0 aliphatic heterocycles. The molecule has 0 bridgehead atoms. The molecule has 0 atom stereocenters. The first kappa shape index (κ1) is 15.0. The third-order valence-electron chi connectivity index (χ3n) is 2.80. The van der Waals surface area contributed by atoms with Crippen molar-refractivity contribution in [1.29, 1.82) is 0 Å². The maximum atomic E-state index is 12.3. The summed E-state index contributed by atoms with van der Waals surface area (Å²) >= 11 is 0. The number of aryl methyl sites for hydroxylation is 1. The maximum absolute atomic E-state index is 12.3. The first-order valence-electron chi connectivity index (χ1n) is 6.70. The van der Waals surface area contributed by atoms with E-state index in [1.807, 2.05) is 24.3 Å². The van der Waals surface area contributed by atoms with Gasteiger partial charge in [0.2, 0.25) is 5.78 Å². The lowest BCUT2D eigenvalue weighted by Crippen LogP contribution is -2.35. The number of carbonyl (C=O) groups excluding carboxylic acids is 2. The molecule has 0 radical (unpaired) electrons. The van der Waals surface area contributed by atoms with E-state index in [1.165, 1.54) is 4.68 Å². The number of nitrogens with zero attached hydrogens (tertiary/aromatic N) is 2. The highest BCUT2D eigenvalue weighted by molar-refractivity contribution is 6.07. The minimum atomic E-state index is -0.609. The number of amides is 1. The molecule has 21 heavy (non-hydrogen) atoms. The summed E-state index contributed by atoms with van der Waals surface area (Å²) in [5, 5.41) is 7.51. The SMILES string of the molecule is Cn1nc2ccccc2c1C(=O)CNC(=O)OC(C)(C)C. The van der Waals surface area contributed by atoms with Crippen molar-refractivity contribution in [2.45, 2.75) is 26.4 Å². The average molecular weight is 289 g/mol. The number of ether oxygens (including phenoxy) is 1. The summed E-state index contributed by atoms with van der Waals surface area (Å²) in [6.07, 6.45) is -0.609. The summed E-state index contributed by atoms with van der Waals surface area (Å²) in [4.78, 5) is 23.9. The summed E-state index contributed by atoms with van der Waals surface area (Å²) in [5.41, 5.74) is 0.633. The van der Waals surface area contributed by atoms with Gasteiger partial charge in [0.05, 0.1) is 12.1 Å². The smallest absolute Gasteiger partial charge is 0.408 e. The van der Waals surface area contributed by atoms with Gasteiger partial charge in [-0.2, -0.15) is 5.10 Å². The summed E-state index contributed by atoms with van der Waals surface area (Å²) in [5.74, 6) is -0.211. The number of alkyl carbamates (subject to hydrolysis) is 1. The lowest BCUT2D eigenvalue weighted by molar-refractivity contribution is 0.0520. The molecule has 0 saturated heterocycles. The van der Waals surface area contributed by atoms with Gasteiger partial charge in [-0.15, -0.1) is 0 Å². The maximum Gasteiger partial charge on any atom is 0.408 e. The fourth-order valence-electron chi connectivity index (χ4n) is 2.03. The molecule has 1 amide bonds. The van der Waals surface area contributed by atoms with E-state index >= 15 is 0 Å². The number of carbonyl (C=O) groups is 2. The molecule has 112 valence electrons. The summed E-state index contributed by atoms with van der Waals surface area (Å²) in [6, 6.07) is 7.39. The van der Waals surface area contributed by atoms with Crippen molar-refractivity contribution < 1.29 is 14.3 Å². The van der Waals surface area contributed by atoms with Crippen LogP contribution in [-0.2, 0) is 11.8 Å². The Kier molecular flexibility index (Phi) is 3.97. The number of hydrogen-bond donors (Lipinski definition) is 1. The van der Waals surface area contributed by atoms with Gasteiger partial charge in [0.15, 0.2) is 0 Å². The van der Waals surface area contributed by atoms with Gasteiger partial charge in [0, 0.05) is 12.4 Å². The molecule has 6 heteroatoms. The van der Waals surface area contributed by atoms with Gasteiger partial charge in [-0.05, 0) is 26.8 Å². The van der Waals surface area contributed by atoms with Crippen LogP contribution in [0.15, 0.2) is 24.3 Å².